The summed E-state index contributed by atoms with van der Waals surface area (Å²) in [6, 6.07) is 21.6. The average molecular weight is 370 g/mol. The molecule has 3 nitrogen and oxygen atoms in total. The van der Waals surface area contributed by atoms with Gasteiger partial charge in [0.2, 0.25) is 0 Å². The zero-order valence-electron chi connectivity index (χ0n) is 12.7. The first-order valence-corrected chi connectivity index (χ1v) is 8.06. The van der Waals surface area contributed by atoms with Crippen molar-refractivity contribution in [3.63, 3.8) is 0 Å². The van der Waals surface area contributed by atoms with Crippen molar-refractivity contribution in [2.24, 2.45) is 0 Å². The van der Waals surface area contributed by atoms with Gasteiger partial charge in [0.1, 0.15) is 6.61 Å². The molecular weight excluding hydrogens is 354 g/mol. The van der Waals surface area contributed by atoms with Crippen molar-refractivity contribution in [2.75, 3.05) is 11.9 Å². The van der Waals surface area contributed by atoms with Crippen LogP contribution in [0.25, 0.3) is 10.8 Å². The fourth-order valence-corrected chi connectivity index (χ4v) is 2.71. The molecule has 0 aromatic heterocycles. The van der Waals surface area contributed by atoms with Crippen molar-refractivity contribution in [1.29, 1.82) is 0 Å². The molecular formula is C19H16BrNO2. The molecule has 0 unspecified atom stereocenters. The quantitative estimate of drug-likeness (QED) is 0.620. The van der Waals surface area contributed by atoms with E-state index in [4.69, 9.17) is 4.74 Å². The van der Waals surface area contributed by atoms with Gasteiger partial charge in [-0.2, -0.15) is 0 Å². The molecule has 0 aliphatic rings. The first kappa shape index (κ1) is 15.6. The Kier molecular flexibility index (Phi) is 4.63. The normalized spacial score (nSPS) is 10.5. The second-order valence-electron chi connectivity index (χ2n) is 5.27. The number of nitrogens with zero attached hydrogens (tertiary/aromatic N) is 1. The minimum Gasteiger partial charge on any atom is -0.444 e. The topological polar surface area (TPSA) is 29.5 Å². The molecule has 3 rings (SSSR count). The summed E-state index contributed by atoms with van der Waals surface area (Å²) in [5.74, 6) is 0. The molecule has 0 N–H and O–H groups in total. The van der Waals surface area contributed by atoms with Gasteiger partial charge in [0.05, 0.1) is 0 Å². The van der Waals surface area contributed by atoms with E-state index in [9.17, 15) is 4.79 Å². The highest BCUT2D eigenvalue weighted by molar-refractivity contribution is 9.10. The zero-order valence-corrected chi connectivity index (χ0v) is 14.3. The molecule has 116 valence electrons. The molecule has 0 aliphatic carbocycles. The maximum atomic E-state index is 12.2. The molecule has 3 aromatic carbocycles. The molecule has 1 amide bonds. The molecule has 0 heterocycles. The van der Waals surface area contributed by atoms with Gasteiger partial charge in [-0.1, -0.05) is 58.4 Å². The van der Waals surface area contributed by atoms with E-state index in [1.807, 2.05) is 66.7 Å². The van der Waals surface area contributed by atoms with Gasteiger partial charge in [-0.25, -0.2) is 4.79 Å². The predicted molar refractivity (Wildman–Crippen MR) is 96.7 cm³/mol. The van der Waals surface area contributed by atoms with Crippen LogP contribution in [-0.4, -0.2) is 13.1 Å². The third-order valence-corrected chi connectivity index (χ3v) is 4.15. The SMILES string of the molecule is CN(C(=O)OCc1ccccc1)c1ccc2cc(Br)ccc2c1. The van der Waals surface area contributed by atoms with E-state index >= 15 is 0 Å². The minimum atomic E-state index is -0.370. The molecule has 0 radical (unpaired) electrons. The summed E-state index contributed by atoms with van der Waals surface area (Å²) in [5.41, 5.74) is 1.77. The summed E-state index contributed by atoms with van der Waals surface area (Å²) in [4.78, 5) is 13.7. The van der Waals surface area contributed by atoms with Crippen LogP contribution >= 0.6 is 15.9 Å². The van der Waals surface area contributed by atoms with E-state index < -0.39 is 0 Å². The molecule has 0 aliphatic heterocycles. The minimum absolute atomic E-state index is 0.268. The monoisotopic (exact) mass is 369 g/mol. The van der Waals surface area contributed by atoms with E-state index in [2.05, 4.69) is 15.9 Å². The third-order valence-electron chi connectivity index (χ3n) is 3.65. The van der Waals surface area contributed by atoms with Gasteiger partial charge < -0.3 is 4.74 Å². The third kappa shape index (κ3) is 3.71. The van der Waals surface area contributed by atoms with Crippen LogP contribution < -0.4 is 4.90 Å². The predicted octanol–water partition coefficient (Wildman–Crippen LogP) is 5.38. The Labute approximate surface area is 143 Å². The van der Waals surface area contributed by atoms with Gasteiger partial charge in [0.25, 0.3) is 0 Å². The number of ether oxygens (including phenoxy) is 1. The summed E-state index contributed by atoms with van der Waals surface area (Å²) >= 11 is 3.46. The van der Waals surface area contributed by atoms with Gasteiger partial charge in [0.15, 0.2) is 0 Å². The molecule has 0 atom stereocenters. The zero-order chi connectivity index (χ0) is 16.2. The molecule has 0 spiro atoms. The van der Waals surface area contributed by atoms with Crippen LogP contribution in [0.15, 0.2) is 71.2 Å². The van der Waals surface area contributed by atoms with Crippen LogP contribution in [0, 0.1) is 0 Å². The lowest BCUT2D eigenvalue weighted by atomic mass is 10.1. The highest BCUT2D eigenvalue weighted by Gasteiger charge is 2.13. The van der Waals surface area contributed by atoms with Crippen molar-refractivity contribution < 1.29 is 9.53 Å². The second-order valence-corrected chi connectivity index (χ2v) is 6.19. The number of carbonyl (C=O) groups is 1. The van der Waals surface area contributed by atoms with Gasteiger partial charge in [-0.05, 0) is 40.6 Å². The summed E-state index contributed by atoms with van der Waals surface area (Å²) in [6.07, 6.45) is -0.370. The van der Waals surface area contributed by atoms with Crippen LogP contribution in [0.3, 0.4) is 0 Å². The first-order valence-electron chi connectivity index (χ1n) is 7.27. The lowest BCUT2D eigenvalue weighted by Crippen LogP contribution is -2.26. The summed E-state index contributed by atoms with van der Waals surface area (Å²) in [5, 5.41) is 2.20. The maximum Gasteiger partial charge on any atom is 0.414 e. The molecule has 0 fully saturated rings. The van der Waals surface area contributed by atoms with Crippen LogP contribution in [-0.2, 0) is 11.3 Å². The van der Waals surface area contributed by atoms with Gasteiger partial charge >= 0.3 is 6.09 Å². The number of halogens is 1. The lowest BCUT2D eigenvalue weighted by Gasteiger charge is -2.17. The van der Waals surface area contributed by atoms with Crippen molar-refractivity contribution in [3.8, 4) is 0 Å². The number of amides is 1. The standard InChI is InChI=1S/C19H16BrNO2/c1-21(19(22)23-13-14-5-3-2-4-6-14)18-10-8-15-11-17(20)9-7-16(15)12-18/h2-12H,13H2,1H3. The summed E-state index contributed by atoms with van der Waals surface area (Å²) < 4.78 is 6.39. The van der Waals surface area contributed by atoms with Crippen molar-refractivity contribution in [1.82, 2.24) is 0 Å². The molecule has 0 bridgehead atoms. The lowest BCUT2D eigenvalue weighted by molar-refractivity contribution is 0.148. The summed E-state index contributed by atoms with van der Waals surface area (Å²) in [7, 11) is 1.72. The average Bonchev–Trinajstić information content (AvgIpc) is 2.59. The second kappa shape index (κ2) is 6.84. The van der Waals surface area contributed by atoms with E-state index in [0.29, 0.717) is 0 Å². The van der Waals surface area contributed by atoms with E-state index in [1.54, 1.807) is 7.05 Å². The number of fused-ring (bicyclic) bond motifs is 1. The molecule has 3 aromatic rings. The van der Waals surface area contributed by atoms with Crippen molar-refractivity contribution in [2.45, 2.75) is 6.61 Å². The maximum absolute atomic E-state index is 12.2. The summed E-state index contributed by atoms with van der Waals surface area (Å²) in [6.45, 7) is 0.268. The van der Waals surface area contributed by atoms with E-state index in [1.165, 1.54) is 4.90 Å². The number of rotatable bonds is 3. The van der Waals surface area contributed by atoms with Crippen LogP contribution in [0.1, 0.15) is 5.56 Å². The Morgan fingerprint density at radius 3 is 2.48 bits per heavy atom. The van der Waals surface area contributed by atoms with Gasteiger partial charge in [-0.3, -0.25) is 4.90 Å². The highest BCUT2D eigenvalue weighted by atomic mass is 79.9. The van der Waals surface area contributed by atoms with Gasteiger partial charge in [-0.15, -0.1) is 0 Å². The molecule has 23 heavy (non-hydrogen) atoms. The Morgan fingerprint density at radius 1 is 1.00 bits per heavy atom. The number of carbonyl (C=O) groups excluding carboxylic acids is 1. The smallest absolute Gasteiger partial charge is 0.414 e. The number of benzene rings is 3. The molecule has 4 heteroatoms. The van der Waals surface area contributed by atoms with Gasteiger partial charge in [0, 0.05) is 17.2 Å². The van der Waals surface area contributed by atoms with E-state index in [-0.39, 0.29) is 12.7 Å². The van der Waals surface area contributed by atoms with E-state index in [0.717, 1.165) is 26.5 Å². The number of hydrogen-bond donors (Lipinski definition) is 0. The van der Waals surface area contributed by atoms with Crippen LogP contribution in [0.2, 0.25) is 0 Å². The van der Waals surface area contributed by atoms with Crippen molar-refractivity contribution >= 4 is 38.5 Å². The Bertz CT molecular complexity index is 833. The highest BCUT2D eigenvalue weighted by Crippen LogP contribution is 2.25. The van der Waals surface area contributed by atoms with Crippen LogP contribution in [0.4, 0.5) is 10.5 Å². The Morgan fingerprint density at radius 2 is 1.70 bits per heavy atom. The Balaban J connectivity index is 1.72. The molecule has 0 saturated carbocycles. The first-order chi connectivity index (χ1) is 11.1. The fraction of sp³-hybridized carbons (Fsp3) is 0.105. The fourth-order valence-electron chi connectivity index (χ4n) is 2.33. The van der Waals surface area contributed by atoms with Crippen molar-refractivity contribution in [3.05, 3.63) is 76.8 Å². The molecule has 0 saturated heterocycles. The number of anilines is 1. The number of hydrogen-bond acceptors (Lipinski definition) is 2. The largest absolute Gasteiger partial charge is 0.444 e. The van der Waals surface area contributed by atoms with Crippen LogP contribution in [0.5, 0.6) is 0 Å². The Hall–Kier alpha value is -2.33.